The number of carbonyl (C=O) groups excluding carboxylic acids is 1. The van der Waals surface area contributed by atoms with Gasteiger partial charge in [-0.25, -0.2) is 9.59 Å². The predicted molar refractivity (Wildman–Crippen MR) is 59.3 cm³/mol. The third-order valence-electron chi connectivity index (χ3n) is 2.44. The van der Waals surface area contributed by atoms with Crippen molar-refractivity contribution in [3.63, 3.8) is 0 Å². The van der Waals surface area contributed by atoms with Crippen molar-refractivity contribution < 1.29 is 27.9 Å². The number of likely N-dealkylation sites (tertiary alicyclic amines) is 1. The molecule has 5 nitrogen and oxygen atoms in total. The lowest BCUT2D eigenvalue weighted by Crippen LogP contribution is -2.46. The van der Waals surface area contributed by atoms with Gasteiger partial charge in [0.2, 0.25) is 0 Å². The number of amides is 2. The molecule has 1 atom stereocenters. The number of carbonyl (C=O) groups is 2. The van der Waals surface area contributed by atoms with E-state index < -0.39 is 23.6 Å². The zero-order valence-electron chi connectivity index (χ0n) is 9.37. The molecule has 1 saturated heterocycles. The Bertz CT molecular complexity index is 325. The Labute approximate surface area is 106 Å². The van der Waals surface area contributed by atoms with Gasteiger partial charge in [0.25, 0.3) is 0 Å². The minimum atomic E-state index is -4.32. The smallest absolute Gasteiger partial charge is 0.441 e. The maximum Gasteiger partial charge on any atom is 0.441 e. The SMILES string of the molecule is O=C(O)[C@H]1CCCN1C(=O)NCCSC(F)(F)F. The van der Waals surface area contributed by atoms with E-state index in [1.165, 1.54) is 0 Å². The van der Waals surface area contributed by atoms with Gasteiger partial charge in [-0.1, -0.05) is 0 Å². The number of nitrogens with one attached hydrogen (secondary N) is 1. The van der Waals surface area contributed by atoms with E-state index in [2.05, 4.69) is 5.32 Å². The van der Waals surface area contributed by atoms with Crippen molar-refractivity contribution in [1.29, 1.82) is 0 Å². The van der Waals surface area contributed by atoms with E-state index in [0.29, 0.717) is 19.4 Å². The summed E-state index contributed by atoms with van der Waals surface area (Å²) in [4.78, 5) is 23.5. The molecular formula is C9H13F3N2O3S. The summed E-state index contributed by atoms with van der Waals surface area (Å²) in [5.74, 6) is -1.38. The van der Waals surface area contributed by atoms with Crippen LogP contribution in [0.15, 0.2) is 0 Å². The molecule has 0 radical (unpaired) electrons. The molecule has 0 saturated carbocycles. The van der Waals surface area contributed by atoms with Crippen LogP contribution in [0.1, 0.15) is 12.8 Å². The molecular weight excluding hydrogens is 273 g/mol. The number of carboxylic acid groups (broad SMARTS) is 1. The first-order valence-electron chi connectivity index (χ1n) is 5.29. The van der Waals surface area contributed by atoms with Gasteiger partial charge in [0.15, 0.2) is 0 Å². The lowest BCUT2D eigenvalue weighted by atomic mass is 10.2. The average molecular weight is 286 g/mol. The molecule has 0 unspecified atom stereocenters. The number of halogens is 3. The third kappa shape index (κ3) is 4.63. The zero-order valence-corrected chi connectivity index (χ0v) is 10.2. The van der Waals surface area contributed by atoms with E-state index in [4.69, 9.17) is 5.11 Å². The van der Waals surface area contributed by atoms with E-state index in [-0.39, 0.29) is 24.1 Å². The molecule has 1 aliphatic rings. The van der Waals surface area contributed by atoms with Gasteiger partial charge in [0.1, 0.15) is 6.04 Å². The van der Waals surface area contributed by atoms with Gasteiger partial charge in [-0.3, -0.25) is 0 Å². The van der Waals surface area contributed by atoms with Gasteiger partial charge in [0, 0.05) is 18.8 Å². The van der Waals surface area contributed by atoms with Gasteiger partial charge in [-0.2, -0.15) is 13.2 Å². The Morgan fingerprint density at radius 2 is 2.11 bits per heavy atom. The Morgan fingerprint density at radius 1 is 1.44 bits per heavy atom. The number of thioether (sulfide) groups is 1. The van der Waals surface area contributed by atoms with E-state index >= 15 is 0 Å². The number of urea groups is 1. The monoisotopic (exact) mass is 286 g/mol. The summed E-state index contributed by atoms with van der Waals surface area (Å²) in [6.45, 7) is 0.168. The number of hydrogen-bond acceptors (Lipinski definition) is 3. The second-order valence-corrected chi connectivity index (χ2v) is 4.88. The summed E-state index contributed by atoms with van der Waals surface area (Å²) >= 11 is -0.224. The molecule has 9 heteroatoms. The fourth-order valence-corrected chi connectivity index (χ4v) is 2.13. The lowest BCUT2D eigenvalue weighted by molar-refractivity contribution is -0.141. The topological polar surface area (TPSA) is 69.6 Å². The molecule has 0 aromatic rings. The van der Waals surface area contributed by atoms with Crippen LogP contribution in [0, 0.1) is 0 Å². The number of hydrogen-bond donors (Lipinski definition) is 2. The van der Waals surface area contributed by atoms with Crippen molar-refractivity contribution in [1.82, 2.24) is 10.2 Å². The normalized spacial score (nSPS) is 19.9. The summed E-state index contributed by atoms with van der Waals surface area (Å²) in [5.41, 5.74) is -4.32. The third-order valence-corrected chi connectivity index (χ3v) is 3.18. The maximum atomic E-state index is 11.8. The Hall–Kier alpha value is -1.12. The van der Waals surface area contributed by atoms with Crippen LogP contribution in [0.4, 0.5) is 18.0 Å². The lowest BCUT2D eigenvalue weighted by Gasteiger charge is -2.21. The van der Waals surface area contributed by atoms with Crippen LogP contribution in [-0.4, -0.2) is 52.4 Å². The van der Waals surface area contributed by atoms with Crippen LogP contribution in [0.3, 0.4) is 0 Å². The van der Waals surface area contributed by atoms with Crippen molar-refractivity contribution in [2.24, 2.45) is 0 Å². The van der Waals surface area contributed by atoms with Crippen LogP contribution < -0.4 is 5.32 Å². The van der Waals surface area contributed by atoms with Gasteiger partial charge in [0.05, 0.1) is 0 Å². The number of rotatable bonds is 4. The van der Waals surface area contributed by atoms with Crippen LogP contribution in [0.25, 0.3) is 0 Å². The Kier molecular flexibility index (Phi) is 5.12. The van der Waals surface area contributed by atoms with Gasteiger partial charge in [-0.05, 0) is 24.6 Å². The summed E-state index contributed by atoms with van der Waals surface area (Å²) in [5, 5.41) is 11.1. The molecule has 2 N–H and O–H groups in total. The zero-order chi connectivity index (χ0) is 13.8. The first kappa shape index (κ1) is 14.9. The molecule has 0 aliphatic carbocycles. The number of alkyl halides is 3. The molecule has 1 fully saturated rings. The van der Waals surface area contributed by atoms with Gasteiger partial charge in [-0.15, -0.1) is 0 Å². The number of aliphatic carboxylic acids is 1. The second kappa shape index (κ2) is 6.17. The van der Waals surface area contributed by atoms with Crippen LogP contribution in [-0.2, 0) is 4.79 Å². The molecule has 104 valence electrons. The Morgan fingerprint density at radius 3 is 2.67 bits per heavy atom. The van der Waals surface area contributed by atoms with Crippen LogP contribution >= 0.6 is 11.8 Å². The molecule has 1 rings (SSSR count). The largest absolute Gasteiger partial charge is 0.480 e. The van der Waals surface area contributed by atoms with Crippen molar-refractivity contribution in [2.75, 3.05) is 18.8 Å². The maximum absolute atomic E-state index is 11.8. The first-order valence-corrected chi connectivity index (χ1v) is 6.28. The molecule has 0 spiro atoms. The van der Waals surface area contributed by atoms with Crippen molar-refractivity contribution in [3.05, 3.63) is 0 Å². The van der Waals surface area contributed by atoms with Crippen molar-refractivity contribution >= 4 is 23.8 Å². The summed E-state index contributed by atoms with van der Waals surface area (Å²) in [6, 6.07) is -1.50. The van der Waals surface area contributed by atoms with E-state index in [1.54, 1.807) is 0 Å². The van der Waals surface area contributed by atoms with Crippen LogP contribution in [0.5, 0.6) is 0 Å². The van der Waals surface area contributed by atoms with Gasteiger partial charge < -0.3 is 15.3 Å². The van der Waals surface area contributed by atoms with Crippen molar-refractivity contribution in [3.8, 4) is 0 Å². The molecule has 0 aromatic carbocycles. The number of carboxylic acids is 1. The van der Waals surface area contributed by atoms with Gasteiger partial charge >= 0.3 is 17.5 Å². The highest BCUT2D eigenvalue weighted by Gasteiger charge is 2.34. The minimum Gasteiger partial charge on any atom is -0.480 e. The fourth-order valence-electron chi connectivity index (χ4n) is 1.69. The molecule has 18 heavy (non-hydrogen) atoms. The quantitative estimate of drug-likeness (QED) is 0.768. The highest BCUT2D eigenvalue weighted by molar-refractivity contribution is 8.00. The van der Waals surface area contributed by atoms with Crippen molar-refractivity contribution in [2.45, 2.75) is 24.4 Å². The molecule has 2 amide bonds. The second-order valence-electron chi connectivity index (χ2n) is 3.72. The van der Waals surface area contributed by atoms with E-state index in [9.17, 15) is 22.8 Å². The highest BCUT2D eigenvalue weighted by Crippen LogP contribution is 2.29. The first-order chi connectivity index (χ1) is 8.31. The average Bonchev–Trinajstić information content (AvgIpc) is 2.71. The standard InChI is InChI=1S/C9H13F3N2O3S/c10-9(11,12)18-5-3-13-8(17)14-4-1-2-6(14)7(15)16/h6H,1-5H2,(H,13,17)(H,15,16)/t6-/m1/s1. The summed E-state index contributed by atoms with van der Waals surface area (Å²) in [7, 11) is 0. The summed E-state index contributed by atoms with van der Waals surface area (Å²) in [6.07, 6.45) is 0.960. The summed E-state index contributed by atoms with van der Waals surface area (Å²) < 4.78 is 35.4. The van der Waals surface area contributed by atoms with E-state index in [0.717, 1.165) is 4.90 Å². The predicted octanol–water partition coefficient (Wildman–Crippen LogP) is 1.50. The number of nitrogens with zero attached hydrogens (tertiary/aromatic N) is 1. The molecule has 0 bridgehead atoms. The molecule has 1 aliphatic heterocycles. The molecule has 0 aromatic heterocycles. The minimum absolute atomic E-state index is 0.147. The van der Waals surface area contributed by atoms with Crippen LogP contribution in [0.2, 0.25) is 0 Å². The molecule has 1 heterocycles. The Balaban J connectivity index is 2.30. The highest BCUT2D eigenvalue weighted by atomic mass is 32.2. The fraction of sp³-hybridized carbons (Fsp3) is 0.778. The van der Waals surface area contributed by atoms with E-state index in [1.807, 2.05) is 0 Å².